The molecule has 0 aliphatic rings. The Morgan fingerprint density at radius 2 is 1.80 bits per heavy atom. The normalized spacial score (nSPS) is 13.1. The molecule has 3 aromatic rings. The standard InChI is InChI=1S/C25H20ClF5N2O2/c1-15(25(29,30)31)21-11-18(12-22(32-21)17-8-9-20(28)19(26)10-17)24(2,14-27)33-23(34)35-13-16-6-4-3-5-7-16/h3-12H,1,13-14H2,2H3,(H,33,34). The molecular weight excluding hydrogens is 491 g/mol. The highest BCUT2D eigenvalue weighted by molar-refractivity contribution is 6.31. The predicted octanol–water partition coefficient (Wildman–Crippen LogP) is 7.23. The number of hydrogen-bond acceptors (Lipinski definition) is 3. The number of aromatic nitrogens is 1. The maximum atomic E-state index is 14.3. The van der Waals surface area contributed by atoms with E-state index in [9.17, 15) is 26.7 Å². The molecule has 0 spiro atoms. The van der Waals surface area contributed by atoms with Crippen molar-refractivity contribution in [2.24, 2.45) is 0 Å². The summed E-state index contributed by atoms with van der Waals surface area (Å²) in [6.45, 7) is 3.06. The SMILES string of the molecule is C=C(c1cc(C(C)(CF)NC(=O)OCc2ccccc2)cc(-c2ccc(F)c(Cl)c2)n1)C(F)(F)F. The summed E-state index contributed by atoms with van der Waals surface area (Å²) >= 11 is 5.82. The van der Waals surface area contributed by atoms with Crippen LogP contribution < -0.4 is 5.32 Å². The fraction of sp³-hybridized carbons (Fsp3) is 0.200. The van der Waals surface area contributed by atoms with Crippen LogP contribution in [0.3, 0.4) is 0 Å². The van der Waals surface area contributed by atoms with Crippen molar-refractivity contribution < 1.29 is 31.5 Å². The number of carbonyl (C=O) groups excluding carboxylic acids is 1. The van der Waals surface area contributed by atoms with Crippen LogP contribution in [-0.2, 0) is 16.9 Å². The number of carbonyl (C=O) groups is 1. The summed E-state index contributed by atoms with van der Waals surface area (Å²) in [5.41, 5.74) is -2.87. The van der Waals surface area contributed by atoms with E-state index in [2.05, 4.69) is 16.9 Å². The van der Waals surface area contributed by atoms with Crippen molar-refractivity contribution in [3.05, 3.63) is 94.9 Å². The second-order valence-electron chi connectivity index (χ2n) is 7.88. The van der Waals surface area contributed by atoms with Crippen molar-refractivity contribution >= 4 is 23.3 Å². The number of amides is 1. The summed E-state index contributed by atoms with van der Waals surface area (Å²) in [5.74, 6) is -0.733. The first-order valence-corrected chi connectivity index (χ1v) is 10.6. The summed E-state index contributed by atoms with van der Waals surface area (Å²) in [7, 11) is 0. The molecule has 3 rings (SSSR count). The van der Waals surface area contributed by atoms with Crippen LogP contribution in [0.25, 0.3) is 16.8 Å². The molecule has 1 atom stereocenters. The fourth-order valence-electron chi connectivity index (χ4n) is 3.12. The zero-order valence-corrected chi connectivity index (χ0v) is 19.2. The number of ether oxygens (including phenoxy) is 1. The van der Waals surface area contributed by atoms with Crippen LogP contribution in [-0.4, -0.2) is 23.9 Å². The number of benzene rings is 2. The van der Waals surface area contributed by atoms with Gasteiger partial charge in [-0.1, -0.05) is 48.5 Å². The lowest BCUT2D eigenvalue weighted by Gasteiger charge is -2.29. The Bertz CT molecular complexity index is 1230. The zero-order chi connectivity index (χ0) is 25.8. The molecule has 0 saturated heterocycles. The number of halogens is 6. The fourth-order valence-corrected chi connectivity index (χ4v) is 3.30. The van der Waals surface area contributed by atoms with Crippen molar-refractivity contribution in [1.29, 1.82) is 0 Å². The highest BCUT2D eigenvalue weighted by Gasteiger charge is 2.36. The molecular formula is C25H20ClF5N2O2. The third kappa shape index (κ3) is 6.36. The molecule has 10 heteroatoms. The van der Waals surface area contributed by atoms with Gasteiger partial charge in [-0.25, -0.2) is 18.6 Å². The number of pyridine rings is 1. The van der Waals surface area contributed by atoms with Gasteiger partial charge in [0.1, 0.15) is 19.1 Å². The second-order valence-corrected chi connectivity index (χ2v) is 8.29. The molecule has 0 aliphatic heterocycles. The van der Waals surface area contributed by atoms with E-state index < -0.39 is 41.6 Å². The molecule has 0 bridgehead atoms. The molecule has 1 N–H and O–H groups in total. The van der Waals surface area contributed by atoms with Gasteiger partial charge >= 0.3 is 12.3 Å². The molecule has 1 aromatic heterocycles. The minimum atomic E-state index is -4.82. The number of allylic oxidation sites excluding steroid dienone is 1. The van der Waals surface area contributed by atoms with Crippen LogP contribution in [0.5, 0.6) is 0 Å². The minimum absolute atomic E-state index is 0.0393. The average molecular weight is 511 g/mol. The Morgan fingerprint density at radius 3 is 2.40 bits per heavy atom. The summed E-state index contributed by atoms with van der Waals surface area (Å²) in [5, 5.41) is 2.10. The van der Waals surface area contributed by atoms with Gasteiger partial charge in [0.25, 0.3) is 0 Å². The Balaban J connectivity index is 1.99. The van der Waals surface area contributed by atoms with Crippen molar-refractivity contribution in [3.8, 4) is 11.3 Å². The van der Waals surface area contributed by atoms with Crippen molar-refractivity contribution in [1.82, 2.24) is 10.3 Å². The highest BCUT2D eigenvalue weighted by Crippen LogP contribution is 2.36. The van der Waals surface area contributed by atoms with Gasteiger partial charge in [0.05, 0.1) is 27.5 Å². The van der Waals surface area contributed by atoms with Crippen LogP contribution in [0, 0.1) is 5.82 Å². The first-order chi connectivity index (χ1) is 16.4. The topological polar surface area (TPSA) is 51.2 Å². The summed E-state index contributed by atoms with van der Waals surface area (Å²) in [4.78, 5) is 16.4. The molecule has 0 saturated carbocycles. The minimum Gasteiger partial charge on any atom is -0.445 e. The Kier molecular flexibility index (Phi) is 7.80. The monoisotopic (exact) mass is 510 g/mol. The lowest BCUT2D eigenvalue weighted by molar-refractivity contribution is -0.0689. The molecule has 2 aromatic carbocycles. The van der Waals surface area contributed by atoms with Crippen molar-refractivity contribution in [3.63, 3.8) is 0 Å². The van der Waals surface area contributed by atoms with Gasteiger partial charge in [-0.2, -0.15) is 13.2 Å². The van der Waals surface area contributed by atoms with Crippen molar-refractivity contribution in [2.75, 3.05) is 6.67 Å². The Morgan fingerprint density at radius 1 is 1.11 bits per heavy atom. The molecule has 0 aliphatic carbocycles. The number of nitrogens with one attached hydrogen (secondary N) is 1. The number of alkyl halides is 4. The molecule has 1 amide bonds. The van der Waals surface area contributed by atoms with E-state index >= 15 is 0 Å². The van der Waals surface area contributed by atoms with E-state index in [0.29, 0.717) is 5.56 Å². The van der Waals surface area contributed by atoms with Gasteiger partial charge in [-0.3, -0.25) is 0 Å². The van der Waals surface area contributed by atoms with E-state index in [-0.39, 0.29) is 28.5 Å². The van der Waals surface area contributed by atoms with Gasteiger partial charge in [0.2, 0.25) is 0 Å². The number of rotatable bonds is 7. The first kappa shape index (κ1) is 26.2. The summed E-state index contributed by atoms with van der Waals surface area (Å²) in [6, 6.07) is 14.5. The lowest BCUT2D eigenvalue weighted by atomic mass is 9.91. The van der Waals surface area contributed by atoms with E-state index in [1.54, 1.807) is 30.3 Å². The quantitative estimate of drug-likeness (QED) is 0.341. The molecule has 0 radical (unpaired) electrons. The Labute approximate surface area is 203 Å². The summed E-state index contributed by atoms with van der Waals surface area (Å²) < 4.78 is 73.2. The molecule has 1 heterocycles. The van der Waals surface area contributed by atoms with E-state index in [0.717, 1.165) is 12.1 Å². The number of alkyl carbamates (subject to hydrolysis) is 1. The molecule has 184 valence electrons. The van der Waals surface area contributed by atoms with Crippen LogP contribution in [0.2, 0.25) is 5.02 Å². The van der Waals surface area contributed by atoms with Crippen LogP contribution >= 0.6 is 11.6 Å². The first-order valence-electron chi connectivity index (χ1n) is 10.2. The van der Waals surface area contributed by atoms with Crippen LogP contribution in [0.4, 0.5) is 26.7 Å². The molecule has 0 fully saturated rings. The third-order valence-corrected chi connectivity index (χ3v) is 5.48. The van der Waals surface area contributed by atoms with Gasteiger partial charge < -0.3 is 10.1 Å². The second kappa shape index (κ2) is 10.4. The van der Waals surface area contributed by atoms with E-state index in [1.165, 1.54) is 25.1 Å². The van der Waals surface area contributed by atoms with Gasteiger partial charge in [-0.05, 0) is 48.4 Å². The maximum absolute atomic E-state index is 14.3. The van der Waals surface area contributed by atoms with Crippen molar-refractivity contribution in [2.45, 2.75) is 25.2 Å². The number of nitrogens with zero attached hydrogens (tertiary/aromatic N) is 1. The van der Waals surface area contributed by atoms with E-state index in [1.807, 2.05) is 0 Å². The maximum Gasteiger partial charge on any atom is 0.417 e. The lowest BCUT2D eigenvalue weighted by Crippen LogP contribution is -2.45. The Hall–Kier alpha value is -3.46. The van der Waals surface area contributed by atoms with Gasteiger partial charge in [-0.15, -0.1) is 0 Å². The molecule has 1 unspecified atom stereocenters. The highest BCUT2D eigenvalue weighted by atomic mass is 35.5. The average Bonchev–Trinajstić information content (AvgIpc) is 2.83. The third-order valence-electron chi connectivity index (χ3n) is 5.19. The molecule has 35 heavy (non-hydrogen) atoms. The number of hydrogen-bond donors (Lipinski definition) is 1. The summed E-state index contributed by atoms with van der Waals surface area (Å²) in [6.07, 6.45) is -5.80. The van der Waals surface area contributed by atoms with Crippen LogP contribution in [0.1, 0.15) is 23.7 Å². The van der Waals surface area contributed by atoms with Gasteiger partial charge in [0.15, 0.2) is 0 Å². The largest absolute Gasteiger partial charge is 0.445 e. The zero-order valence-electron chi connectivity index (χ0n) is 18.4. The molecule has 4 nitrogen and oxygen atoms in total. The smallest absolute Gasteiger partial charge is 0.417 e. The predicted molar refractivity (Wildman–Crippen MR) is 123 cm³/mol. The van der Waals surface area contributed by atoms with E-state index in [4.69, 9.17) is 16.3 Å². The van der Waals surface area contributed by atoms with Crippen LogP contribution in [0.15, 0.2) is 67.2 Å². The van der Waals surface area contributed by atoms with Gasteiger partial charge in [0, 0.05) is 5.56 Å².